The average Bonchev–Trinajstić information content (AvgIpc) is 3.46. The van der Waals surface area contributed by atoms with Gasteiger partial charge in [-0.25, -0.2) is 0 Å². The minimum Gasteiger partial charge on any atom is -0.487 e. The van der Waals surface area contributed by atoms with Gasteiger partial charge in [-0.1, -0.05) is 29.4 Å². The molecule has 0 saturated heterocycles. The quantitative estimate of drug-likeness (QED) is 0.376. The molecule has 0 saturated carbocycles. The van der Waals surface area contributed by atoms with E-state index in [9.17, 15) is 23.1 Å². The van der Waals surface area contributed by atoms with Crippen LogP contribution in [-0.4, -0.2) is 26.0 Å². The first kappa shape index (κ1) is 23.1. The predicted octanol–water partition coefficient (Wildman–Crippen LogP) is 5.28. The third-order valence-corrected chi connectivity index (χ3v) is 5.35. The number of carboxylic acids is 1. The molecule has 0 amide bonds. The molecule has 7 nitrogen and oxygen atoms in total. The number of aliphatic carboxylic acids is 1. The minimum absolute atomic E-state index is 0.130. The van der Waals surface area contributed by atoms with Crippen LogP contribution in [0.15, 0.2) is 71.4 Å². The van der Waals surface area contributed by atoms with Gasteiger partial charge in [0.1, 0.15) is 18.6 Å². The number of benzene rings is 2. The monoisotopic (exact) mass is 471 g/mol. The molecule has 0 aliphatic heterocycles. The molecule has 2 heterocycles. The van der Waals surface area contributed by atoms with Gasteiger partial charge in [0.25, 0.3) is 0 Å². The van der Waals surface area contributed by atoms with Crippen molar-refractivity contribution in [2.75, 3.05) is 0 Å². The first-order valence-corrected chi connectivity index (χ1v) is 10.3. The summed E-state index contributed by atoms with van der Waals surface area (Å²) in [5.41, 5.74) is 2.40. The van der Waals surface area contributed by atoms with Crippen LogP contribution in [0.1, 0.15) is 34.9 Å². The van der Waals surface area contributed by atoms with Crippen LogP contribution in [0.4, 0.5) is 13.2 Å². The van der Waals surface area contributed by atoms with Crippen molar-refractivity contribution >= 4 is 5.97 Å². The number of hydrogen-bond acceptors (Lipinski definition) is 5. The van der Waals surface area contributed by atoms with Crippen LogP contribution >= 0.6 is 0 Å². The van der Waals surface area contributed by atoms with Gasteiger partial charge in [0.2, 0.25) is 0 Å². The van der Waals surface area contributed by atoms with Crippen molar-refractivity contribution in [3.05, 3.63) is 89.4 Å². The van der Waals surface area contributed by atoms with Crippen LogP contribution in [0.5, 0.6) is 5.75 Å². The van der Waals surface area contributed by atoms with Crippen molar-refractivity contribution in [1.29, 1.82) is 0 Å². The van der Waals surface area contributed by atoms with E-state index in [-0.39, 0.29) is 13.0 Å². The fourth-order valence-electron chi connectivity index (χ4n) is 3.54. The Morgan fingerprint density at radius 2 is 1.82 bits per heavy atom. The number of rotatable bonds is 8. The topological polar surface area (TPSA) is 90.4 Å². The van der Waals surface area contributed by atoms with Crippen LogP contribution in [0, 0.1) is 0 Å². The molecule has 1 unspecified atom stereocenters. The summed E-state index contributed by atoms with van der Waals surface area (Å²) in [7, 11) is 1.73. The molecule has 4 rings (SSSR count). The molecule has 176 valence electrons. The molecule has 2 aromatic carbocycles. The summed E-state index contributed by atoms with van der Waals surface area (Å²) in [6, 6.07) is 15.2. The van der Waals surface area contributed by atoms with E-state index in [0.717, 1.165) is 23.4 Å². The summed E-state index contributed by atoms with van der Waals surface area (Å²) in [6.45, 7) is 0.186. The maximum atomic E-state index is 12.8. The van der Waals surface area contributed by atoms with E-state index in [1.54, 1.807) is 48.1 Å². The van der Waals surface area contributed by atoms with E-state index in [1.165, 1.54) is 18.4 Å². The van der Waals surface area contributed by atoms with E-state index in [1.807, 2.05) is 0 Å². The Morgan fingerprint density at radius 1 is 1.12 bits per heavy atom. The molecule has 0 spiro atoms. The molecule has 0 fully saturated rings. The molecule has 1 atom stereocenters. The van der Waals surface area contributed by atoms with Gasteiger partial charge < -0.3 is 14.4 Å². The van der Waals surface area contributed by atoms with Gasteiger partial charge in [-0.2, -0.15) is 18.3 Å². The number of hydrogen-bond donors (Lipinski definition) is 1. The molecule has 2 aromatic heterocycles. The number of aromatic nitrogens is 3. The van der Waals surface area contributed by atoms with Crippen molar-refractivity contribution in [3.63, 3.8) is 0 Å². The van der Waals surface area contributed by atoms with E-state index in [4.69, 9.17) is 9.26 Å². The maximum Gasteiger partial charge on any atom is 0.416 e. The molecule has 34 heavy (non-hydrogen) atoms. The first-order valence-electron chi connectivity index (χ1n) is 10.3. The molecule has 0 radical (unpaired) electrons. The Bertz CT molecular complexity index is 1250. The third kappa shape index (κ3) is 5.28. The highest BCUT2D eigenvalue weighted by Gasteiger charge is 2.30. The van der Waals surface area contributed by atoms with Crippen LogP contribution < -0.4 is 4.74 Å². The highest BCUT2D eigenvalue weighted by molar-refractivity contribution is 5.69. The second-order valence-electron chi connectivity index (χ2n) is 7.65. The summed E-state index contributed by atoms with van der Waals surface area (Å²) in [5.74, 6) is -0.836. The second-order valence-corrected chi connectivity index (χ2v) is 7.65. The zero-order chi connectivity index (χ0) is 24.3. The number of aryl methyl sites for hydroxylation is 1. The fourth-order valence-corrected chi connectivity index (χ4v) is 3.54. The lowest BCUT2D eigenvalue weighted by molar-refractivity contribution is -0.138. The lowest BCUT2D eigenvalue weighted by atomic mass is 9.92. The molecule has 4 aromatic rings. The molecule has 0 aliphatic carbocycles. The van der Waals surface area contributed by atoms with Gasteiger partial charge in [0, 0.05) is 24.6 Å². The van der Waals surface area contributed by atoms with Crippen LogP contribution in [0.2, 0.25) is 0 Å². The Hall–Kier alpha value is -4.08. The van der Waals surface area contributed by atoms with Gasteiger partial charge in [0.05, 0.1) is 29.1 Å². The number of carboxylic acid groups (broad SMARTS) is 1. The summed E-state index contributed by atoms with van der Waals surface area (Å²) in [4.78, 5) is 11.3. The van der Waals surface area contributed by atoms with Gasteiger partial charge in [-0.3, -0.25) is 9.48 Å². The third-order valence-electron chi connectivity index (χ3n) is 5.35. The van der Waals surface area contributed by atoms with Crippen molar-refractivity contribution in [2.45, 2.75) is 25.1 Å². The Labute approximate surface area is 192 Å². The van der Waals surface area contributed by atoms with Crippen LogP contribution in [0.25, 0.3) is 11.3 Å². The summed E-state index contributed by atoms with van der Waals surface area (Å²) in [6.07, 6.45) is -3.12. The van der Waals surface area contributed by atoms with Crippen LogP contribution in [-0.2, 0) is 24.6 Å². The SMILES string of the molecule is Cn1nc(-c2ccc(C(F)(F)F)cc2)cc1COc1ccc(C(CC(=O)O)c2ccon2)cc1. The molecule has 0 aliphatic rings. The van der Waals surface area contributed by atoms with Crippen molar-refractivity contribution < 1.29 is 32.3 Å². The lowest BCUT2D eigenvalue weighted by Crippen LogP contribution is -2.08. The Morgan fingerprint density at radius 3 is 2.41 bits per heavy atom. The number of ether oxygens (including phenoxy) is 1. The highest BCUT2D eigenvalue weighted by atomic mass is 19.4. The normalized spacial score (nSPS) is 12.5. The number of halogens is 3. The van der Waals surface area contributed by atoms with Gasteiger partial charge in [-0.15, -0.1) is 0 Å². The Balaban J connectivity index is 1.44. The summed E-state index contributed by atoms with van der Waals surface area (Å²) in [5, 5.41) is 17.5. The maximum absolute atomic E-state index is 12.8. The molecule has 1 N–H and O–H groups in total. The standard InChI is InChI=1S/C24H20F3N3O4/c1-30-18(12-22(28-30)16-2-6-17(7-3-16)24(25,26)27)14-33-19-8-4-15(5-9-19)20(13-23(31)32)21-10-11-34-29-21/h2-12,20H,13-14H2,1H3,(H,31,32). The molecule has 10 heteroatoms. The number of alkyl halides is 3. The summed E-state index contributed by atoms with van der Waals surface area (Å²) < 4.78 is 50.6. The highest BCUT2D eigenvalue weighted by Crippen LogP contribution is 2.31. The van der Waals surface area contributed by atoms with Crippen molar-refractivity contribution in [3.8, 4) is 17.0 Å². The minimum atomic E-state index is -4.39. The smallest absolute Gasteiger partial charge is 0.416 e. The first-order chi connectivity index (χ1) is 16.2. The zero-order valence-electron chi connectivity index (χ0n) is 18.0. The van der Waals surface area contributed by atoms with Gasteiger partial charge in [0.15, 0.2) is 0 Å². The van der Waals surface area contributed by atoms with E-state index in [0.29, 0.717) is 22.7 Å². The van der Waals surface area contributed by atoms with E-state index in [2.05, 4.69) is 10.3 Å². The zero-order valence-corrected chi connectivity index (χ0v) is 18.0. The van der Waals surface area contributed by atoms with E-state index >= 15 is 0 Å². The second kappa shape index (κ2) is 9.42. The average molecular weight is 471 g/mol. The van der Waals surface area contributed by atoms with Gasteiger partial charge in [-0.05, 0) is 35.9 Å². The van der Waals surface area contributed by atoms with Crippen molar-refractivity contribution in [2.24, 2.45) is 7.05 Å². The Kier molecular flexibility index (Phi) is 6.40. The number of carbonyl (C=O) groups is 1. The number of nitrogens with zero attached hydrogens (tertiary/aromatic N) is 3. The predicted molar refractivity (Wildman–Crippen MR) is 115 cm³/mol. The van der Waals surface area contributed by atoms with Gasteiger partial charge >= 0.3 is 12.1 Å². The van der Waals surface area contributed by atoms with E-state index < -0.39 is 23.6 Å². The lowest BCUT2D eigenvalue weighted by Gasteiger charge is -2.13. The molecular formula is C24H20F3N3O4. The fraction of sp³-hybridized carbons (Fsp3) is 0.208. The van der Waals surface area contributed by atoms with Crippen LogP contribution in [0.3, 0.4) is 0 Å². The molecular weight excluding hydrogens is 451 g/mol. The van der Waals surface area contributed by atoms with Crippen molar-refractivity contribution in [1.82, 2.24) is 14.9 Å². The summed E-state index contributed by atoms with van der Waals surface area (Å²) >= 11 is 0. The largest absolute Gasteiger partial charge is 0.487 e. The molecule has 0 bridgehead atoms.